The fraction of sp³-hybridized carbons (Fsp3) is 0.455. The Morgan fingerprint density at radius 3 is 2.79 bits per heavy atom. The molecular formula is C11H14FIN2O4. The summed E-state index contributed by atoms with van der Waals surface area (Å²) in [6.45, 7) is 0.208. The number of ether oxygens (including phenoxy) is 1. The minimum Gasteiger partial charge on any atom is -0.389 e. The highest BCUT2D eigenvalue weighted by Gasteiger charge is 2.21. The number of methoxy groups -OCH3 is 1. The van der Waals surface area contributed by atoms with Crippen molar-refractivity contribution < 1.29 is 19.2 Å². The summed E-state index contributed by atoms with van der Waals surface area (Å²) in [6.07, 6.45) is -0.808. The molecule has 1 atom stereocenters. The first kappa shape index (κ1) is 16.1. The number of nitro benzene ring substituents is 1. The van der Waals surface area contributed by atoms with Gasteiger partial charge in [-0.3, -0.25) is 10.1 Å². The van der Waals surface area contributed by atoms with Crippen LogP contribution in [0, 0.1) is 19.5 Å². The van der Waals surface area contributed by atoms with E-state index in [0.717, 1.165) is 6.07 Å². The number of anilines is 1. The Morgan fingerprint density at radius 1 is 1.63 bits per heavy atom. The molecule has 0 fully saturated rings. The molecule has 1 rings (SSSR count). The molecular weight excluding hydrogens is 370 g/mol. The quantitative estimate of drug-likeness (QED) is 0.460. The molecule has 6 nitrogen and oxygen atoms in total. The number of hydrogen-bond donors (Lipinski definition) is 1. The summed E-state index contributed by atoms with van der Waals surface area (Å²) < 4.78 is 18.5. The molecule has 0 spiro atoms. The van der Waals surface area contributed by atoms with Gasteiger partial charge in [0, 0.05) is 32.8 Å². The number of benzene rings is 1. The average molecular weight is 384 g/mol. The maximum absolute atomic E-state index is 13.5. The van der Waals surface area contributed by atoms with Crippen molar-refractivity contribution in [1.82, 2.24) is 0 Å². The van der Waals surface area contributed by atoms with Gasteiger partial charge in [0.2, 0.25) is 0 Å². The second-order valence-electron chi connectivity index (χ2n) is 4.00. The van der Waals surface area contributed by atoms with Crippen molar-refractivity contribution in [3.63, 3.8) is 0 Å². The first-order valence-electron chi connectivity index (χ1n) is 5.38. The van der Waals surface area contributed by atoms with Gasteiger partial charge in [0.15, 0.2) is 0 Å². The third-order valence-electron chi connectivity index (χ3n) is 2.47. The zero-order valence-electron chi connectivity index (χ0n) is 10.5. The summed E-state index contributed by atoms with van der Waals surface area (Å²) >= 11 is 1.69. The summed E-state index contributed by atoms with van der Waals surface area (Å²) in [4.78, 5) is 11.8. The average Bonchev–Trinajstić information content (AvgIpc) is 2.31. The number of halogens is 2. The predicted molar refractivity (Wildman–Crippen MR) is 76.9 cm³/mol. The number of aliphatic hydroxyl groups excluding tert-OH is 1. The van der Waals surface area contributed by atoms with E-state index < -0.39 is 16.8 Å². The van der Waals surface area contributed by atoms with Crippen LogP contribution in [-0.2, 0) is 4.74 Å². The smallest absolute Gasteiger partial charge is 0.293 e. The summed E-state index contributed by atoms with van der Waals surface area (Å²) in [6, 6.07) is 2.27. The topological polar surface area (TPSA) is 75.8 Å². The largest absolute Gasteiger partial charge is 0.389 e. The molecule has 1 unspecified atom stereocenters. The van der Waals surface area contributed by atoms with Gasteiger partial charge in [-0.15, -0.1) is 0 Å². The minimum absolute atomic E-state index is 0.102. The van der Waals surface area contributed by atoms with Crippen LogP contribution in [0.4, 0.5) is 15.8 Å². The summed E-state index contributed by atoms with van der Waals surface area (Å²) in [5.41, 5.74) is -0.0732. The van der Waals surface area contributed by atoms with Crippen LogP contribution < -0.4 is 4.90 Å². The van der Waals surface area contributed by atoms with Crippen molar-refractivity contribution in [2.75, 3.05) is 32.2 Å². The number of aliphatic hydroxyl groups is 1. The Bertz CT molecular complexity index is 472. The zero-order valence-corrected chi connectivity index (χ0v) is 12.6. The van der Waals surface area contributed by atoms with Crippen LogP contribution in [0.15, 0.2) is 12.1 Å². The highest BCUT2D eigenvalue weighted by Crippen LogP contribution is 2.31. The van der Waals surface area contributed by atoms with Crippen LogP contribution in [0.5, 0.6) is 0 Å². The van der Waals surface area contributed by atoms with Gasteiger partial charge < -0.3 is 14.7 Å². The van der Waals surface area contributed by atoms with E-state index in [4.69, 9.17) is 4.74 Å². The van der Waals surface area contributed by atoms with Crippen molar-refractivity contribution in [1.29, 1.82) is 0 Å². The van der Waals surface area contributed by atoms with Gasteiger partial charge in [0.25, 0.3) is 5.69 Å². The molecule has 0 radical (unpaired) electrons. The van der Waals surface area contributed by atoms with E-state index in [1.54, 1.807) is 29.6 Å². The summed E-state index contributed by atoms with van der Waals surface area (Å²) in [5.74, 6) is -0.533. The normalized spacial score (nSPS) is 12.3. The molecule has 0 saturated carbocycles. The van der Waals surface area contributed by atoms with Gasteiger partial charge in [0.1, 0.15) is 11.5 Å². The lowest BCUT2D eigenvalue weighted by Gasteiger charge is -2.22. The SMILES string of the molecule is COCC(O)CN(C)c1cc(F)c(I)cc1[N+](=O)[O-]. The molecule has 0 aliphatic carbocycles. The molecule has 0 aliphatic heterocycles. The van der Waals surface area contributed by atoms with Crippen LogP contribution in [0.3, 0.4) is 0 Å². The molecule has 1 aromatic carbocycles. The monoisotopic (exact) mass is 384 g/mol. The molecule has 106 valence electrons. The van der Waals surface area contributed by atoms with Crippen LogP contribution in [0.25, 0.3) is 0 Å². The fourth-order valence-electron chi connectivity index (χ4n) is 1.64. The molecule has 0 saturated heterocycles. The molecule has 19 heavy (non-hydrogen) atoms. The Hall–Kier alpha value is -1.00. The molecule has 0 amide bonds. The number of rotatable bonds is 6. The van der Waals surface area contributed by atoms with Gasteiger partial charge in [-0.2, -0.15) is 0 Å². The standard InChI is InChI=1S/C11H14FIN2O4/c1-14(5-7(16)6-19-2)10-3-8(12)9(13)4-11(10)15(17)18/h3-4,7,16H,5-6H2,1-2H3. The third-order valence-corrected chi connectivity index (χ3v) is 3.30. The highest BCUT2D eigenvalue weighted by atomic mass is 127. The molecule has 1 N–H and O–H groups in total. The van der Waals surface area contributed by atoms with E-state index in [1.165, 1.54) is 18.1 Å². The lowest BCUT2D eigenvalue weighted by molar-refractivity contribution is -0.384. The first-order chi connectivity index (χ1) is 8.86. The van der Waals surface area contributed by atoms with Gasteiger partial charge in [0.05, 0.1) is 21.2 Å². The van der Waals surface area contributed by atoms with E-state index in [9.17, 15) is 19.6 Å². The van der Waals surface area contributed by atoms with Gasteiger partial charge in [-0.1, -0.05) is 0 Å². The summed E-state index contributed by atoms with van der Waals surface area (Å²) in [5, 5.41) is 20.6. The Kier molecular flexibility index (Phi) is 5.88. The lowest BCUT2D eigenvalue weighted by atomic mass is 10.2. The van der Waals surface area contributed by atoms with E-state index in [1.807, 2.05) is 0 Å². The van der Waals surface area contributed by atoms with Crippen molar-refractivity contribution in [3.8, 4) is 0 Å². The van der Waals surface area contributed by atoms with Crippen LogP contribution in [0.1, 0.15) is 0 Å². The number of likely N-dealkylation sites (N-methyl/N-ethyl adjacent to an activating group) is 1. The van der Waals surface area contributed by atoms with Crippen molar-refractivity contribution in [2.45, 2.75) is 6.10 Å². The molecule has 0 heterocycles. The maximum atomic E-state index is 13.5. The Balaban J connectivity index is 3.04. The van der Waals surface area contributed by atoms with E-state index in [2.05, 4.69) is 0 Å². The minimum atomic E-state index is -0.808. The number of nitro groups is 1. The molecule has 1 aromatic rings. The van der Waals surface area contributed by atoms with Crippen molar-refractivity contribution >= 4 is 34.0 Å². The summed E-state index contributed by atoms with van der Waals surface area (Å²) in [7, 11) is 2.99. The second kappa shape index (κ2) is 6.96. The molecule has 0 aromatic heterocycles. The van der Waals surface area contributed by atoms with Crippen molar-refractivity contribution in [3.05, 3.63) is 31.6 Å². The van der Waals surface area contributed by atoms with E-state index in [-0.39, 0.29) is 28.1 Å². The highest BCUT2D eigenvalue weighted by molar-refractivity contribution is 14.1. The van der Waals surface area contributed by atoms with Crippen LogP contribution in [0.2, 0.25) is 0 Å². The van der Waals surface area contributed by atoms with Crippen LogP contribution >= 0.6 is 22.6 Å². The maximum Gasteiger partial charge on any atom is 0.293 e. The van der Waals surface area contributed by atoms with E-state index in [0.29, 0.717) is 0 Å². The van der Waals surface area contributed by atoms with Gasteiger partial charge >= 0.3 is 0 Å². The Labute approximate surface area is 123 Å². The van der Waals surface area contributed by atoms with Gasteiger partial charge in [-0.25, -0.2) is 4.39 Å². The number of hydrogen-bond acceptors (Lipinski definition) is 5. The number of nitrogens with zero attached hydrogens (tertiary/aromatic N) is 2. The predicted octanol–water partition coefficient (Wildman–Crippen LogP) is 1.78. The van der Waals surface area contributed by atoms with Crippen molar-refractivity contribution in [2.24, 2.45) is 0 Å². The Morgan fingerprint density at radius 2 is 2.26 bits per heavy atom. The fourth-order valence-corrected chi connectivity index (χ4v) is 2.09. The van der Waals surface area contributed by atoms with E-state index >= 15 is 0 Å². The van der Waals surface area contributed by atoms with Gasteiger partial charge in [-0.05, 0) is 22.6 Å². The first-order valence-corrected chi connectivity index (χ1v) is 6.46. The van der Waals surface area contributed by atoms with Crippen LogP contribution in [-0.4, -0.2) is 43.4 Å². The lowest BCUT2D eigenvalue weighted by Crippen LogP contribution is -2.32. The zero-order chi connectivity index (χ0) is 14.6. The molecule has 0 aliphatic rings. The second-order valence-corrected chi connectivity index (χ2v) is 5.16. The molecule has 0 bridgehead atoms. The molecule has 8 heteroatoms. The third kappa shape index (κ3) is 4.25.